The molecule has 9 heteroatoms. The third kappa shape index (κ3) is 8.87. The van der Waals surface area contributed by atoms with Crippen LogP contribution in [0.5, 0.6) is 5.75 Å². The molecule has 2 rings (SSSR count). The van der Waals surface area contributed by atoms with E-state index < -0.39 is 11.6 Å². The van der Waals surface area contributed by atoms with Crippen molar-refractivity contribution in [2.24, 2.45) is 4.99 Å². The molecule has 6 nitrogen and oxygen atoms in total. The van der Waals surface area contributed by atoms with Gasteiger partial charge in [0.05, 0.1) is 13.2 Å². The average Bonchev–Trinajstić information content (AvgIpc) is 2.67. The number of hydrogen-bond acceptors (Lipinski definition) is 4. The van der Waals surface area contributed by atoms with Crippen LogP contribution < -0.4 is 15.4 Å². The predicted octanol–water partition coefficient (Wildman–Crippen LogP) is 2.63. The van der Waals surface area contributed by atoms with E-state index in [9.17, 15) is 8.78 Å². The number of ether oxygens (including phenoxy) is 2. The lowest BCUT2D eigenvalue weighted by atomic mass is 10.1. The molecule has 1 saturated heterocycles. The molecule has 0 radical (unpaired) electrons. The Labute approximate surface area is 183 Å². The SMILES string of the molecule is CCNC(=NCCOc1ccc(F)c(F)c1)NC1CCN(CCOC)CC1.I. The first kappa shape index (κ1) is 24.8. The lowest BCUT2D eigenvalue weighted by Gasteiger charge is -2.32. The van der Waals surface area contributed by atoms with Gasteiger partial charge in [-0.3, -0.25) is 0 Å². The number of methoxy groups -OCH3 is 1. The van der Waals surface area contributed by atoms with Gasteiger partial charge in [-0.05, 0) is 31.9 Å². The monoisotopic (exact) mass is 512 g/mol. The molecule has 1 fully saturated rings. The summed E-state index contributed by atoms with van der Waals surface area (Å²) in [7, 11) is 1.73. The maximum atomic E-state index is 13.2. The highest BCUT2D eigenvalue weighted by molar-refractivity contribution is 14.0. The Morgan fingerprint density at radius 1 is 1.21 bits per heavy atom. The number of halogens is 3. The van der Waals surface area contributed by atoms with Gasteiger partial charge in [-0.2, -0.15) is 0 Å². The van der Waals surface area contributed by atoms with Crippen LogP contribution in [0.25, 0.3) is 0 Å². The first-order valence-corrected chi connectivity index (χ1v) is 9.46. The Kier molecular flexibility index (Phi) is 12.3. The molecule has 0 spiro atoms. The first-order chi connectivity index (χ1) is 13.1. The second-order valence-corrected chi connectivity index (χ2v) is 6.44. The van der Waals surface area contributed by atoms with Crippen LogP contribution >= 0.6 is 24.0 Å². The van der Waals surface area contributed by atoms with Crippen molar-refractivity contribution in [3.8, 4) is 5.75 Å². The summed E-state index contributed by atoms with van der Waals surface area (Å²) >= 11 is 0. The largest absolute Gasteiger partial charge is 0.492 e. The quantitative estimate of drug-likeness (QED) is 0.231. The Bertz CT molecular complexity index is 599. The van der Waals surface area contributed by atoms with Crippen molar-refractivity contribution in [1.29, 1.82) is 0 Å². The van der Waals surface area contributed by atoms with Gasteiger partial charge in [-0.15, -0.1) is 24.0 Å². The van der Waals surface area contributed by atoms with Crippen molar-refractivity contribution in [1.82, 2.24) is 15.5 Å². The zero-order valence-electron chi connectivity index (χ0n) is 16.5. The summed E-state index contributed by atoms with van der Waals surface area (Å²) < 4.78 is 36.6. The maximum Gasteiger partial charge on any atom is 0.191 e. The van der Waals surface area contributed by atoms with Gasteiger partial charge in [0, 0.05) is 45.4 Å². The van der Waals surface area contributed by atoms with E-state index in [0.717, 1.165) is 63.7 Å². The summed E-state index contributed by atoms with van der Waals surface area (Å²) in [5, 5.41) is 6.70. The molecule has 0 amide bonds. The summed E-state index contributed by atoms with van der Waals surface area (Å²) in [5.74, 6) is -0.748. The molecule has 0 aliphatic carbocycles. The van der Waals surface area contributed by atoms with Crippen molar-refractivity contribution < 1.29 is 18.3 Å². The number of guanidine groups is 1. The van der Waals surface area contributed by atoms with Gasteiger partial charge in [0.25, 0.3) is 0 Å². The van der Waals surface area contributed by atoms with E-state index in [1.54, 1.807) is 7.11 Å². The van der Waals surface area contributed by atoms with Gasteiger partial charge in [0.15, 0.2) is 17.6 Å². The number of rotatable bonds is 9. The van der Waals surface area contributed by atoms with Crippen LogP contribution in [0.1, 0.15) is 19.8 Å². The normalized spacial score (nSPS) is 15.8. The van der Waals surface area contributed by atoms with E-state index in [0.29, 0.717) is 18.3 Å². The van der Waals surface area contributed by atoms with E-state index in [2.05, 4.69) is 20.5 Å². The summed E-state index contributed by atoms with van der Waals surface area (Å²) in [6, 6.07) is 3.88. The third-order valence-electron chi connectivity index (χ3n) is 4.41. The summed E-state index contributed by atoms with van der Waals surface area (Å²) in [5.41, 5.74) is 0. The Hall–Kier alpha value is -1.20. The van der Waals surface area contributed by atoms with E-state index in [1.807, 2.05) is 6.92 Å². The Balaban J connectivity index is 0.00000392. The van der Waals surface area contributed by atoms with Crippen LogP contribution in [0.4, 0.5) is 8.78 Å². The van der Waals surface area contributed by atoms with E-state index in [4.69, 9.17) is 9.47 Å². The fourth-order valence-electron chi connectivity index (χ4n) is 2.92. The minimum Gasteiger partial charge on any atom is -0.492 e. The lowest BCUT2D eigenvalue weighted by molar-refractivity contribution is 0.128. The fraction of sp³-hybridized carbons (Fsp3) is 0.632. The number of hydrogen-bond donors (Lipinski definition) is 2. The topological polar surface area (TPSA) is 58.1 Å². The van der Waals surface area contributed by atoms with Gasteiger partial charge in [0.2, 0.25) is 0 Å². The molecule has 160 valence electrons. The van der Waals surface area contributed by atoms with Crippen molar-refractivity contribution in [3.63, 3.8) is 0 Å². The minimum atomic E-state index is -0.914. The molecular weight excluding hydrogens is 481 g/mol. The van der Waals surface area contributed by atoms with E-state index in [1.165, 1.54) is 6.07 Å². The number of benzene rings is 1. The molecule has 1 aliphatic rings. The fourth-order valence-corrected chi connectivity index (χ4v) is 2.92. The molecular formula is C19H31F2IN4O2. The zero-order valence-corrected chi connectivity index (χ0v) is 18.9. The molecule has 1 aliphatic heterocycles. The number of piperidine rings is 1. The maximum absolute atomic E-state index is 13.2. The number of nitrogens with one attached hydrogen (secondary N) is 2. The molecule has 1 heterocycles. The van der Waals surface area contributed by atoms with Crippen LogP contribution in [0.2, 0.25) is 0 Å². The smallest absolute Gasteiger partial charge is 0.191 e. The summed E-state index contributed by atoms with van der Waals surface area (Å²) in [6.07, 6.45) is 2.11. The van der Waals surface area contributed by atoms with E-state index in [-0.39, 0.29) is 30.6 Å². The van der Waals surface area contributed by atoms with Crippen LogP contribution in [0, 0.1) is 11.6 Å². The lowest BCUT2D eigenvalue weighted by Crippen LogP contribution is -2.49. The molecule has 28 heavy (non-hydrogen) atoms. The minimum absolute atomic E-state index is 0. The van der Waals surface area contributed by atoms with Crippen molar-refractivity contribution in [3.05, 3.63) is 29.8 Å². The zero-order chi connectivity index (χ0) is 19.5. The molecule has 0 bridgehead atoms. The highest BCUT2D eigenvalue weighted by atomic mass is 127. The molecule has 2 N–H and O–H groups in total. The predicted molar refractivity (Wildman–Crippen MR) is 118 cm³/mol. The van der Waals surface area contributed by atoms with Crippen molar-refractivity contribution >= 4 is 29.9 Å². The van der Waals surface area contributed by atoms with Crippen molar-refractivity contribution in [2.45, 2.75) is 25.8 Å². The van der Waals surface area contributed by atoms with Gasteiger partial charge in [0.1, 0.15) is 12.4 Å². The van der Waals surface area contributed by atoms with Crippen molar-refractivity contribution in [2.75, 3.05) is 53.0 Å². The van der Waals surface area contributed by atoms with Crippen LogP contribution in [-0.4, -0.2) is 69.9 Å². The van der Waals surface area contributed by atoms with Gasteiger partial charge in [-0.1, -0.05) is 0 Å². The first-order valence-electron chi connectivity index (χ1n) is 9.46. The average molecular weight is 512 g/mol. The number of nitrogens with zero attached hydrogens (tertiary/aromatic N) is 2. The third-order valence-corrected chi connectivity index (χ3v) is 4.41. The molecule has 1 aromatic carbocycles. The number of likely N-dealkylation sites (tertiary alicyclic amines) is 1. The van der Waals surface area contributed by atoms with Gasteiger partial charge in [-0.25, -0.2) is 13.8 Å². The Morgan fingerprint density at radius 3 is 2.61 bits per heavy atom. The summed E-state index contributed by atoms with van der Waals surface area (Å²) in [4.78, 5) is 6.90. The highest BCUT2D eigenvalue weighted by Crippen LogP contribution is 2.15. The standard InChI is InChI=1S/C19H30F2N4O2.HI/c1-3-22-19(24-15-6-9-25(10-7-15)11-13-26-2)23-8-12-27-16-4-5-17(20)18(21)14-16;/h4-5,14-15H,3,6-13H2,1-2H3,(H2,22,23,24);1H. The van der Waals surface area contributed by atoms with Crippen LogP contribution in [-0.2, 0) is 4.74 Å². The molecule has 0 aromatic heterocycles. The molecule has 0 saturated carbocycles. The number of aliphatic imine (C=N–C) groups is 1. The van der Waals surface area contributed by atoms with E-state index >= 15 is 0 Å². The second kappa shape index (κ2) is 13.9. The summed E-state index contributed by atoms with van der Waals surface area (Å²) in [6.45, 7) is 7.31. The molecule has 1 aromatic rings. The van der Waals surface area contributed by atoms with Crippen LogP contribution in [0.15, 0.2) is 23.2 Å². The van der Waals surface area contributed by atoms with Crippen LogP contribution in [0.3, 0.4) is 0 Å². The second-order valence-electron chi connectivity index (χ2n) is 6.44. The Morgan fingerprint density at radius 2 is 1.96 bits per heavy atom. The van der Waals surface area contributed by atoms with Gasteiger partial charge < -0.3 is 25.0 Å². The van der Waals surface area contributed by atoms with Gasteiger partial charge >= 0.3 is 0 Å². The molecule has 0 atom stereocenters. The molecule has 0 unspecified atom stereocenters. The highest BCUT2D eigenvalue weighted by Gasteiger charge is 2.19.